The molecule has 140 valence electrons. The highest BCUT2D eigenvalue weighted by Crippen LogP contribution is 2.34. The molecule has 0 aliphatic heterocycles. The highest BCUT2D eigenvalue weighted by atomic mass is 16.5. The van der Waals surface area contributed by atoms with E-state index in [-0.39, 0.29) is 11.9 Å². The number of fused-ring (bicyclic) bond motifs is 1. The number of nitrogens with one attached hydrogen (secondary N) is 1. The molecule has 5 heteroatoms. The van der Waals surface area contributed by atoms with E-state index in [1.165, 1.54) is 19.6 Å². The van der Waals surface area contributed by atoms with Crippen LogP contribution in [0, 0.1) is 0 Å². The minimum Gasteiger partial charge on any atom is -0.496 e. The highest BCUT2D eigenvalue weighted by Gasteiger charge is 2.19. The van der Waals surface area contributed by atoms with E-state index in [1.807, 2.05) is 25.1 Å². The predicted octanol–water partition coefficient (Wildman–Crippen LogP) is 4.36. The fraction of sp³-hybridized carbons (Fsp3) is 0.227. The van der Waals surface area contributed by atoms with Crippen LogP contribution in [-0.2, 0) is 0 Å². The van der Waals surface area contributed by atoms with Crippen LogP contribution in [0.1, 0.15) is 28.9 Å². The van der Waals surface area contributed by atoms with Crippen molar-refractivity contribution in [3.63, 3.8) is 0 Å². The molecule has 0 aromatic heterocycles. The van der Waals surface area contributed by atoms with Crippen LogP contribution < -0.4 is 19.5 Å². The van der Waals surface area contributed by atoms with E-state index in [0.29, 0.717) is 22.8 Å². The quantitative estimate of drug-likeness (QED) is 0.705. The lowest BCUT2D eigenvalue weighted by atomic mass is 10.0. The second kappa shape index (κ2) is 7.99. The third-order valence-electron chi connectivity index (χ3n) is 4.57. The van der Waals surface area contributed by atoms with E-state index in [0.717, 1.165) is 10.9 Å². The molecule has 0 saturated heterocycles. The van der Waals surface area contributed by atoms with Crippen LogP contribution in [-0.4, -0.2) is 27.2 Å². The van der Waals surface area contributed by atoms with Crippen molar-refractivity contribution in [2.24, 2.45) is 0 Å². The second-order valence-corrected chi connectivity index (χ2v) is 6.21. The number of methoxy groups -OCH3 is 3. The standard InChI is InChI=1S/C22H23NO4/c1-14(16-10-9-15-7-5-6-8-17(15)11-16)23-22(24)18-12-20(26-3)21(27-4)13-19(18)25-2/h5-14H,1-4H3,(H,23,24). The largest absolute Gasteiger partial charge is 0.496 e. The number of ether oxygens (including phenoxy) is 3. The summed E-state index contributed by atoms with van der Waals surface area (Å²) in [6.07, 6.45) is 0. The molecule has 0 radical (unpaired) electrons. The molecule has 5 nitrogen and oxygen atoms in total. The Morgan fingerprint density at radius 1 is 0.815 bits per heavy atom. The molecule has 3 rings (SSSR count). The zero-order chi connectivity index (χ0) is 19.4. The SMILES string of the molecule is COc1cc(OC)c(C(=O)NC(C)c2ccc3ccccc3c2)cc1OC. The van der Waals surface area contributed by atoms with E-state index in [1.54, 1.807) is 19.2 Å². The Labute approximate surface area is 158 Å². The minimum absolute atomic E-state index is 0.167. The number of hydrogen-bond acceptors (Lipinski definition) is 4. The van der Waals surface area contributed by atoms with Crippen molar-refractivity contribution in [3.8, 4) is 17.2 Å². The van der Waals surface area contributed by atoms with Gasteiger partial charge in [0.25, 0.3) is 5.91 Å². The van der Waals surface area contributed by atoms with Crippen LogP contribution >= 0.6 is 0 Å². The maximum atomic E-state index is 12.9. The van der Waals surface area contributed by atoms with E-state index in [9.17, 15) is 4.79 Å². The summed E-state index contributed by atoms with van der Waals surface area (Å²) in [4.78, 5) is 12.9. The van der Waals surface area contributed by atoms with Gasteiger partial charge in [0.1, 0.15) is 5.75 Å². The number of carbonyl (C=O) groups excluding carboxylic acids is 1. The van der Waals surface area contributed by atoms with Crippen molar-refractivity contribution in [1.29, 1.82) is 0 Å². The molecule has 0 bridgehead atoms. The zero-order valence-electron chi connectivity index (χ0n) is 15.9. The van der Waals surface area contributed by atoms with Gasteiger partial charge >= 0.3 is 0 Å². The summed E-state index contributed by atoms with van der Waals surface area (Å²) in [6, 6.07) is 17.4. The summed E-state index contributed by atoms with van der Waals surface area (Å²) in [5, 5.41) is 5.33. The molecule has 0 heterocycles. The molecule has 1 N–H and O–H groups in total. The molecule has 0 aliphatic carbocycles. The van der Waals surface area contributed by atoms with E-state index in [4.69, 9.17) is 14.2 Å². The van der Waals surface area contributed by atoms with Gasteiger partial charge in [0.15, 0.2) is 11.5 Å². The fourth-order valence-corrected chi connectivity index (χ4v) is 3.04. The van der Waals surface area contributed by atoms with Crippen LogP contribution in [0.4, 0.5) is 0 Å². The molecule has 3 aromatic carbocycles. The first kappa shape index (κ1) is 18.6. The van der Waals surface area contributed by atoms with Crippen LogP contribution in [0.3, 0.4) is 0 Å². The molecule has 1 atom stereocenters. The molecule has 1 amide bonds. The van der Waals surface area contributed by atoms with Gasteiger partial charge in [-0.2, -0.15) is 0 Å². The lowest BCUT2D eigenvalue weighted by molar-refractivity contribution is 0.0936. The third kappa shape index (κ3) is 3.82. The maximum Gasteiger partial charge on any atom is 0.255 e. The first-order chi connectivity index (χ1) is 13.1. The van der Waals surface area contributed by atoms with Crippen molar-refractivity contribution in [2.75, 3.05) is 21.3 Å². The van der Waals surface area contributed by atoms with Gasteiger partial charge in [-0.3, -0.25) is 4.79 Å². The Bertz CT molecular complexity index is 968. The van der Waals surface area contributed by atoms with Crippen molar-refractivity contribution >= 4 is 16.7 Å². The van der Waals surface area contributed by atoms with Gasteiger partial charge in [-0.15, -0.1) is 0 Å². The lowest BCUT2D eigenvalue weighted by Gasteiger charge is -2.18. The van der Waals surface area contributed by atoms with Crippen molar-refractivity contribution in [2.45, 2.75) is 13.0 Å². The third-order valence-corrected chi connectivity index (χ3v) is 4.57. The Hall–Kier alpha value is -3.21. The first-order valence-electron chi connectivity index (χ1n) is 8.67. The van der Waals surface area contributed by atoms with Crippen LogP contribution in [0.15, 0.2) is 54.6 Å². The summed E-state index contributed by atoms with van der Waals surface area (Å²) < 4.78 is 15.9. The van der Waals surface area contributed by atoms with Crippen molar-refractivity contribution in [1.82, 2.24) is 5.32 Å². The summed E-state index contributed by atoms with van der Waals surface area (Å²) >= 11 is 0. The number of carbonyl (C=O) groups is 1. The van der Waals surface area contributed by atoms with Crippen molar-refractivity contribution in [3.05, 3.63) is 65.7 Å². The Morgan fingerprint density at radius 2 is 1.44 bits per heavy atom. The van der Waals surface area contributed by atoms with Gasteiger partial charge in [-0.05, 0) is 29.3 Å². The van der Waals surface area contributed by atoms with E-state index in [2.05, 4.69) is 29.6 Å². The molecular formula is C22H23NO4. The number of benzene rings is 3. The maximum absolute atomic E-state index is 12.9. The summed E-state index contributed by atoms with van der Waals surface area (Å²) in [7, 11) is 4.59. The normalized spacial score (nSPS) is 11.7. The predicted molar refractivity (Wildman–Crippen MR) is 106 cm³/mol. The molecular weight excluding hydrogens is 342 g/mol. The monoisotopic (exact) mass is 365 g/mol. The second-order valence-electron chi connectivity index (χ2n) is 6.21. The average Bonchev–Trinajstić information content (AvgIpc) is 2.72. The Morgan fingerprint density at radius 3 is 2.11 bits per heavy atom. The zero-order valence-corrected chi connectivity index (χ0v) is 15.9. The van der Waals surface area contributed by atoms with Crippen LogP contribution in [0.25, 0.3) is 10.8 Å². The summed E-state index contributed by atoms with van der Waals surface area (Å²) in [6.45, 7) is 1.95. The Kier molecular flexibility index (Phi) is 5.50. The molecule has 0 fully saturated rings. The van der Waals surface area contributed by atoms with Gasteiger partial charge in [-0.1, -0.05) is 36.4 Å². The van der Waals surface area contributed by atoms with Gasteiger partial charge in [0.05, 0.1) is 32.9 Å². The molecule has 1 unspecified atom stereocenters. The number of amides is 1. The summed E-state index contributed by atoms with van der Waals surface area (Å²) in [5.41, 5.74) is 1.42. The molecule has 27 heavy (non-hydrogen) atoms. The van der Waals surface area contributed by atoms with E-state index >= 15 is 0 Å². The molecule has 0 aliphatic rings. The van der Waals surface area contributed by atoms with Crippen molar-refractivity contribution < 1.29 is 19.0 Å². The van der Waals surface area contributed by atoms with Gasteiger partial charge < -0.3 is 19.5 Å². The minimum atomic E-state index is -0.242. The van der Waals surface area contributed by atoms with Crippen LogP contribution in [0.5, 0.6) is 17.2 Å². The topological polar surface area (TPSA) is 56.8 Å². The molecule has 0 spiro atoms. The van der Waals surface area contributed by atoms with Gasteiger partial charge in [0, 0.05) is 12.1 Å². The lowest BCUT2D eigenvalue weighted by Crippen LogP contribution is -2.27. The molecule has 3 aromatic rings. The Balaban J connectivity index is 1.87. The number of rotatable bonds is 6. The van der Waals surface area contributed by atoms with E-state index < -0.39 is 0 Å². The fourth-order valence-electron chi connectivity index (χ4n) is 3.04. The molecule has 0 saturated carbocycles. The first-order valence-corrected chi connectivity index (χ1v) is 8.67. The smallest absolute Gasteiger partial charge is 0.255 e. The van der Waals surface area contributed by atoms with Gasteiger partial charge in [0.2, 0.25) is 0 Å². The highest BCUT2D eigenvalue weighted by molar-refractivity contribution is 5.98. The van der Waals surface area contributed by atoms with Gasteiger partial charge in [-0.25, -0.2) is 0 Å². The average molecular weight is 365 g/mol. The number of hydrogen-bond donors (Lipinski definition) is 1. The summed E-state index contributed by atoms with van der Waals surface area (Å²) in [5.74, 6) is 1.17. The van der Waals surface area contributed by atoms with Crippen LogP contribution in [0.2, 0.25) is 0 Å².